The molecule has 1 aromatic heterocycles. The summed E-state index contributed by atoms with van der Waals surface area (Å²) in [5, 5.41) is 8.79. The molecule has 0 unspecified atom stereocenters. The summed E-state index contributed by atoms with van der Waals surface area (Å²) in [6, 6.07) is 9.91. The molecule has 1 aromatic carbocycles. The first-order chi connectivity index (χ1) is 8.92. The minimum absolute atomic E-state index is 0.235. The second-order valence-corrected chi connectivity index (χ2v) is 8.10. The number of anilines is 1. The molecule has 98 valence electrons. The van der Waals surface area contributed by atoms with Crippen LogP contribution in [0.3, 0.4) is 0 Å². The number of thiophene rings is 1. The molecule has 0 amide bonds. The van der Waals surface area contributed by atoms with Gasteiger partial charge in [-0.25, -0.2) is 8.42 Å². The quantitative estimate of drug-likeness (QED) is 0.914. The summed E-state index contributed by atoms with van der Waals surface area (Å²) < 4.78 is 27.8. The number of nitriles is 1. The minimum Gasteiger partial charge on any atom is -0.279 e. The Morgan fingerprint density at radius 1 is 1.37 bits per heavy atom. The lowest BCUT2D eigenvalue weighted by Crippen LogP contribution is -2.11. The van der Waals surface area contributed by atoms with Crippen LogP contribution in [-0.2, 0) is 10.0 Å². The molecule has 1 N–H and O–H groups in total. The predicted octanol–water partition coefficient (Wildman–Crippen LogP) is 3.49. The SMILES string of the molecule is Cc1cc(S(=O)(=O)Nc2cccc(C#N)c2)sc1Br. The van der Waals surface area contributed by atoms with Crippen LogP contribution < -0.4 is 4.72 Å². The van der Waals surface area contributed by atoms with Gasteiger partial charge in [-0.2, -0.15) is 5.26 Å². The Hall–Kier alpha value is -1.36. The molecule has 0 saturated heterocycles. The van der Waals surface area contributed by atoms with Gasteiger partial charge in [0.2, 0.25) is 0 Å². The van der Waals surface area contributed by atoms with Crippen LogP contribution in [0.15, 0.2) is 38.3 Å². The third-order valence-electron chi connectivity index (χ3n) is 2.34. The summed E-state index contributed by atoms with van der Waals surface area (Å²) in [6.07, 6.45) is 0. The fourth-order valence-electron chi connectivity index (χ4n) is 1.42. The monoisotopic (exact) mass is 356 g/mol. The van der Waals surface area contributed by atoms with Crippen molar-refractivity contribution in [2.24, 2.45) is 0 Å². The zero-order valence-electron chi connectivity index (χ0n) is 9.84. The second-order valence-electron chi connectivity index (χ2n) is 3.82. The highest BCUT2D eigenvalue weighted by molar-refractivity contribution is 9.11. The number of nitrogens with zero attached hydrogens (tertiary/aromatic N) is 1. The third-order valence-corrected chi connectivity index (χ3v) is 6.33. The molecule has 4 nitrogen and oxygen atoms in total. The van der Waals surface area contributed by atoms with Crippen molar-refractivity contribution >= 4 is 43.0 Å². The van der Waals surface area contributed by atoms with Crippen LogP contribution in [0, 0.1) is 18.3 Å². The number of nitrogens with one attached hydrogen (secondary N) is 1. The molecule has 0 radical (unpaired) electrons. The van der Waals surface area contributed by atoms with Gasteiger partial charge in [0.05, 0.1) is 21.1 Å². The Kier molecular flexibility index (Phi) is 3.94. The lowest BCUT2D eigenvalue weighted by molar-refractivity contribution is 0.603. The molecule has 19 heavy (non-hydrogen) atoms. The van der Waals surface area contributed by atoms with Crippen molar-refractivity contribution in [1.29, 1.82) is 5.26 Å². The van der Waals surface area contributed by atoms with Crippen molar-refractivity contribution in [2.45, 2.75) is 11.1 Å². The van der Waals surface area contributed by atoms with Gasteiger partial charge in [0, 0.05) is 0 Å². The van der Waals surface area contributed by atoms with Gasteiger partial charge in [-0.05, 0) is 52.7 Å². The molecule has 0 aliphatic heterocycles. The maximum absolute atomic E-state index is 12.2. The average Bonchev–Trinajstić information content (AvgIpc) is 2.70. The Morgan fingerprint density at radius 3 is 2.68 bits per heavy atom. The topological polar surface area (TPSA) is 70.0 Å². The number of halogens is 1. The number of hydrogen-bond donors (Lipinski definition) is 1. The Bertz CT molecular complexity index is 741. The van der Waals surface area contributed by atoms with E-state index in [4.69, 9.17) is 5.26 Å². The maximum atomic E-state index is 12.2. The van der Waals surface area contributed by atoms with Gasteiger partial charge in [0.1, 0.15) is 4.21 Å². The van der Waals surface area contributed by atoms with Crippen LogP contribution in [-0.4, -0.2) is 8.42 Å². The van der Waals surface area contributed by atoms with Gasteiger partial charge in [-0.15, -0.1) is 11.3 Å². The van der Waals surface area contributed by atoms with Crippen molar-refractivity contribution in [3.63, 3.8) is 0 Å². The zero-order chi connectivity index (χ0) is 14.0. The summed E-state index contributed by atoms with van der Waals surface area (Å²) in [4.78, 5) is 0. The molecule has 2 rings (SSSR count). The fourth-order valence-corrected chi connectivity index (χ4v) is 4.70. The molecular weight excluding hydrogens is 348 g/mol. The van der Waals surface area contributed by atoms with E-state index in [1.165, 1.54) is 6.07 Å². The lowest BCUT2D eigenvalue weighted by Gasteiger charge is -2.05. The van der Waals surface area contributed by atoms with Crippen molar-refractivity contribution in [3.05, 3.63) is 45.2 Å². The molecule has 1 heterocycles. The number of sulfonamides is 1. The van der Waals surface area contributed by atoms with Gasteiger partial charge in [0.15, 0.2) is 0 Å². The summed E-state index contributed by atoms with van der Waals surface area (Å²) >= 11 is 4.45. The van der Waals surface area contributed by atoms with Crippen molar-refractivity contribution in [1.82, 2.24) is 0 Å². The highest BCUT2D eigenvalue weighted by Gasteiger charge is 2.18. The second kappa shape index (κ2) is 5.33. The molecule has 7 heteroatoms. The van der Waals surface area contributed by atoms with E-state index in [0.717, 1.165) is 20.7 Å². The van der Waals surface area contributed by atoms with Gasteiger partial charge in [0.25, 0.3) is 10.0 Å². The normalized spacial score (nSPS) is 11.0. The molecule has 0 saturated carbocycles. The molecule has 0 bridgehead atoms. The number of aryl methyl sites for hydroxylation is 1. The third kappa shape index (κ3) is 3.15. The van der Waals surface area contributed by atoms with Gasteiger partial charge in [-0.1, -0.05) is 6.07 Å². The number of benzene rings is 1. The minimum atomic E-state index is -3.61. The lowest BCUT2D eigenvalue weighted by atomic mass is 10.2. The zero-order valence-corrected chi connectivity index (χ0v) is 13.1. The summed E-state index contributed by atoms with van der Waals surface area (Å²) in [5.41, 5.74) is 1.65. The molecule has 0 aliphatic rings. The van der Waals surface area contributed by atoms with E-state index in [9.17, 15) is 8.42 Å². The Labute approximate surface area is 123 Å². The van der Waals surface area contributed by atoms with E-state index in [1.54, 1.807) is 24.3 Å². The molecule has 0 spiro atoms. The first-order valence-electron chi connectivity index (χ1n) is 5.21. The fraction of sp³-hybridized carbons (Fsp3) is 0.0833. The molecular formula is C12H9BrN2O2S2. The van der Waals surface area contributed by atoms with Gasteiger partial charge in [-0.3, -0.25) is 4.72 Å². The van der Waals surface area contributed by atoms with E-state index in [0.29, 0.717) is 11.3 Å². The van der Waals surface area contributed by atoms with E-state index in [-0.39, 0.29) is 4.21 Å². The summed E-state index contributed by atoms with van der Waals surface area (Å²) in [6.45, 7) is 1.83. The first kappa shape index (κ1) is 14.1. The highest BCUT2D eigenvalue weighted by atomic mass is 79.9. The highest BCUT2D eigenvalue weighted by Crippen LogP contribution is 2.31. The van der Waals surface area contributed by atoms with Crippen LogP contribution in [0.2, 0.25) is 0 Å². The molecule has 0 aliphatic carbocycles. The Balaban J connectivity index is 2.34. The van der Waals surface area contributed by atoms with E-state index in [1.807, 2.05) is 13.0 Å². The van der Waals surface area contributed by atoms with E-state index < -0.39 is 10.0 Å². The summed E-state index contributed by atoms with van der Waals surface area (Å²) in [5.74, 6) is 0. The van der Waals surface area contributed by atoms with Crippen LogP contribution in [0.25, 0.3) is 0 Å². The smallest absolute Gasteiger partial charge is 0.271 e. The van der Waals surface area contributed by atoms with Gasteiger partial charge >= 0.3 is 0 Å². The molecule has 2 aromatic rings. The predicted molar refractivity (Wildman–Crippen MR) is 78.7 cm³/mol. The average molecular weight is 357 g/mol. The van der Waals surface area contributed by atoms with Crippen molar-refractivity contribution in [2.75, 3.05) is 4.72 Å². The van der Waals surface area contributed by atoms with Crippen LogP contribution in [0.4, 0.5) is 5.69 Å². The maximum Gasteiger partial charge on any atom is 0.271 e. The summed E-state index contributed by atoms with van der Waals surface area (Å²) in [7, 11) is -3.61. The number of hydrogen-bond acceptors (Lipinski definition) is 4. The first-order valence-corrected chi connectivity index (χ1v) is 8.30. The van der Waals surface area contributed by atoms with Crippen LogP contribution in [0.1, 0.15) is 11.1 Å². The van der Waals surface area contributed by atoms with Gasteiger partial charge < -0.3 is 0 Å². The van der Waals surface area contributed by atoms with Crippen molar-refractivity contribution in [3.8, 4) is 6.07 Å². The molecule has 0 fully saturated rings. The van der Waals surface area contributed by atoms with Crippen molar-refractivity contribution < 1.29 is 8.42 Å². The van der Waals surface area contributed by atoms with Crippen LogP contribution >= 0.6 is 27.3 Å². The van der Waals surface area contributed by atoms with E-state index in [2.05, 4.69) is 20.7 Å². The standard InChI is InChI=1S/C12H9BrN2O2S2/c1-8-5-11(18-12(8)13)19(16,17)15-10-4-2-3-9(6-10)7-14/h2-6,15H,1H3. The van der Waals surface area contributed by atoms with Crippen LogP contribution in [0.5, 0.6) is 0 Å². The Morgan fingerprint density at radius 2 is 2.11 bits per heavy atom. The largest absolute Gasteiger partial charge is 0.279 e. The molecule has 0 atom stereocenters. The number of rotatable bonds is 3. The van der Waals surface area contributed by atoms with E-state index >= 15 is 0 Å².